The maximum absolute atomic E-state index is 9.63. The third-order valence-electron chi connectivity index (χ3n) is 2.27. The van der Waals surface area contributed by atoms with Crippen LogP contribution in [-0.2, 0) is 6.42 Å². The fourth-order valence-corrected chi connectivity index (χ4v) is 1.54. The number of anilines is 1. The van der Waals surface area contributed by atoms with Crippen molar-refractivity contribution in [3.63, 3.8) is 0 Å². The monoisotopic (exact) mass is 200 g/mol. The molecule has 0 amide bonds. The third-order valence-corrected chi connectivity index (χ3v) is 2.27. The van der Waals surface area contributed by atoms with E-state index in [9.17, 15) is 5.11 Å². The Labute approximate surface area is 87.9 Å². The molecular weight excluding hydrogens is 188 g/mol. The molecule has 15 heavy (non-hydrogen) atoms. The van der Waals surface area contributed by atoms with Crippen LogP contribution in [0, 0.1) is 0 Å². The highest BCUT2D eigenvalue weighted by Crippen LogP contribution is 2.25. The molecule has 76 valence electrons. The number of hydrogen-bond donors (Lipinski definition) is 2. The van der Waals surface area contributed by atoms with E-state index in [0.717, 1.165) is 11.1 Å². The van der Waals surface area contributed by atoms with E-state index >= 15 is 0 Å². The molecule has 0 spiro atoms. The zero-order valence-electron chi connectivity index (χ0n) is 8.27. The van der Waals surface area contributed by atoms with Gasteiger partial charge in [-0.25, -0.2) is 4.98 Å². The summed E-state index contributed by atoms with van der Waals surface area (Å²) in [5.41, 5.74) is 7.80. The number of nitrogens with two attached hydrogens (primary N) is 1. The SMILES string of the molecule is C=CCc1nc2c(O)cccc2cc1N. The van der Waals surface area contributed by atoms with E-state index in [2.05, 4.69) is 11.6 Å². The summed E-state index contributed by atoms with van der Waals surface area (Å²) in [7, 11) is 0. The van der Waals surface area contributed by atoms with Gasteiger partial charge in [0.05, 0.1) is 11.4 Å². The quantitative estimate of drug-likeness (QED) is 0.731. The predicted molar refractivity (Wildman–Crippen MR) is 61.7 cm³/mol. The molecule has 0 unspecified atom stereocenters. The van der Waals surface area contributed by atoms with Crippen LogP contribution < -0.4 is 5.73 Å². The Kier molecular flexibility index (Phi) is 2.29. The van der Waals surface area contributed by atoms with Crippen molar-refractivity contribution in [3.8, 4) is 5.75 Å². The summed E-state index contributed by atoms with van der Waals surface area (Å²) in [6.45, 7) is 3.64. The van der Waals surface area contributed by atoms with Crippen LogP contribution in [0.2, 0.25) is 0 Å². The van der Waals surface area contributed by atoms with Gasteiger partial charge in [-0.15, -0.1) is 6.58 Å². The Balaban J connectivity index is 2.71. The number of rotatable bonds is 2. The summed E-state index contributed by atoms with van der Waals surface area (Å²) in [5, 5.41) is 10.5. The number of phenolic OH excluding ortho intramolecular Hbond substituents is 1. The molecule has 0 saturated heterocycles. The van der Waals surface area contributed by atoms with E-state index < -0.39 is 0 Å². The lowest BCUT2D eigenvalue weighted by molar-refractivity contribution is 0.480. The van der Waals surface area contributed by atoms with Crippen molar-refractivity contribution >= 4 is 16.6 Å². The smallest absolute Gasteiger partial charge is 0.141 e. The van der Waals surface area contributed by atoms with Gasteiger partial charge in [0, 0.05) is 11.8 Å². The number of fused-ring (bicyclic) bond motifs is 1. The second-order valence-electron chi connectivity index (χ2n) is 3.37. The maximum atomic E-state index is 9.63. The zero-order valence-corrected chi connectivity index (χ0v) is 8.27. The van der Waals surface area contributed by atoms with Crippen LogP contribution in [0.5, 0.6) is 5.75 Å². The van der Waals surface area contributed by atoms with Gasteiger partial charge in [0.2, 0.25) is 0 Å². The van der Waals surface area contributed by atoms with Gasteiger partial charge in [0.1, 0.15) is 11.3 Å². The highest BCUT2D eigenvalue weighted by molar-refractivity contribution is 5.87. The second-order valence-corrected chi connectivity index (χ2v) is 3.37. The summed E-state index contributed by atoms with van der Waals surface area (Å²) < 4.78 is 0. The van der Waals surface area contributed by atoms with Gasteiger partial charge in [-0.1, -0.05) is 18.2 Å². The minimum atomic E-state index is 0.179. The van der Waals surface area contributed by atoms with E-state index in [1.54, 1.807) is 18.2 Å². The number of pyridine rings is 1. The van der Waals surface area contributed by atoms with Crippen LogP contribution in [0.1, 0.15) is 5.69 Å². The summed E-state index contributed by atoms with van der Waals surface area (Å²) in [6, 6.07) is 7.08. The van der Waals surface area contributed by atoms with Crippen molar-refractivity contribution in [2.24, 2.45) is 0 Å². The van der Waals surface area contributed by atoms with Gasteiger partial charge in [0.25, 0.3) is 0 Å². The molecule has 0 atom stereocenters. The highest BCUT2D eigenvalue weighted by atomic mass is 16.3. The number of nitrogen functional groups attached to an aromatic ring is 1. The van der Waals surface area contributed by atoms with Crippen molar-refractivity contribution < 1.29 is 5.11 Å². The first kappa shape index (κ1) is 9.52. The number of para-hydroxylation sites is 1. The van der Waals surface area contributed by atoms with Crippen molar-refractivity contribution in [1.29, 1.82) is 0 Å². The molecule has 0 saturated carbocycles. The first-order valence-electron chi connectivity index (χ1n) is 4.70. The summed E-state index contributed by atoms with van der Waals surface area (Å²) in [5.74, 6) is 0.179. The molecule has 0 aliphatic heterocycles. The molecule has 2 rings (SSSR count). The van der Waals surface area contributed by atoms with Crippen LogP contribution in [0.15, 0.2) is 36.9 Å². The van der Waals surface area contributed by atoms with Crippen LogP contribution in [0.3, 0.4) is 0 Å². The minimum Gasteiger partial charge on any atom is -0.506 e. The number of aromatic nitrogens is 1. The molecule has 3 nitrogen and oxygen atoms in total. The standard InChI is InChI=1S/C12H12N2O/c1-2-4-10-9(13)7-8-5-3-6-11(15)12(8)14-10/h2-3,5-7,15H,1,4,13H2. The van der Waals surface area contributed by atoms with Crippen molar-refractivity contribution in [3.05, 3.63) is 42.6 Å². The molecular formula is C12H12N2O. The Morgan fingerprint density at radius 1 is 1.47 bits per heavy atom. The number of phenols is 1. The summed E-state index contributed by atoms with van der Waals surface area (Å²) >= 11 is 0. The molecule has 3 N–H and O–H groups in total. The van der Waals surface area contributed by atoms with Crippen molar-refractivity contribution in [2.45, 2.75) is 6.42 Å². The van der Waals surface area contributed by atoms with Crippen molar-refractivity contribution in [1.82, 2.24) is 4.98 Å². The lowest BCUT2D eigenvalue weighted by atomic mass is 10.1. The molecule has 1 heterocycles. The Bertz CT molecular complexity index is 520. The normalized spacial score (nSPS) is 10.4. The summed E-state index contributed by atoms with van der Waals surface area (Å²) in [6.07, 6.45) is 2.35. The molecule has 0 bridgehead atoms. The molecule has 3 heteroatoms. The Morgan fingerprint density at radius 2 is 2.27 bits per heavy atom. The first-order valence-corrected chi connectivity index (χ1v) is 4.70. The number of benzene rings is 1. The molecule has 0 aliphatic carbocycles. The van der Waals surface area contributed by atoms with Gasteiger partial charge < -0.3 is 10.8 Å². The van der Waals surface area contributed by atoms with Crippen LogP contribution >= 0.6 is 0 Å². The number of hydrogen-bond acceptors (Lipinski definition) is 3. The topological polar surface area (TPSA) is 59.1 Å². The van der Waals surface area contributed by atoms with Crippen LogP contribution in [-0.4, -0.2) is 10.1 Å². The van der Waals surface area contributed by atoms with E-state index in [4.69, 9.17) is 5.73 Å². The lowest BCUT2D eigenvalue weighted by Gasteiger charge is -2.06. The third kappa shape index (κ3) is 1.64. The van der Waals surface area contributed by atoms with Gasteiger partial charge in [-0.2, -0.15) is 0 Å². The number of allylic oxidation sites excluding steroid dienone is 1. The lowest BCUT2D eigenvalue weighted by Crippen LogP contribution is -1.97. The fraction of sp³-hybridized carbons (Fsp3) is 0.0833. The van der Waals surface area contributed by atoms with Gasteiger partial charge >= 0.3 is 0 Å². The summed E-state index contributed by atoms with van der Waals surface area (Å²) in [4.78, 5) is 4.32. The molecule has 0 fully saturated rings. The largest absolute Gasteiger partial charge is 0.506 e. The van der Waals surface area contributed by atoms with Crippen LogP contribution in [0.25, 0.3) is 10.9 Å². The maximum Gasteiger partial charge on any atom is 0.141 e. The van der Waals surface area contributed by atoms with Gasteiger partial charge in [-0.3, -0.25) is 0 Å². The highest BCUT2D eigenvalue weighted by Gasteiger charge is 2.05. The van der Waals surface area contributed by atoms with Gasteiger partial charge in [-0.05, 0) is 12.1 Å². The minimum absolute atomic E-state index is 0.179. The molecule has 1 aromatic carbocycles. The number of aromatic hydroxyl groups is 1. The van der Waals surface area contributed by atoms with E-state index in [1.165, 1.54) is 0 Å². The zero-order chi connectivity index (χ0) is 10.8. The number of nitrogens with zero attached hydrogens (tertiary/aromatic N) is 1. The predicted octanol–water partition coefficient (Wildman–Crippen LogP) is 2.25. The van der Waals surface area contributed by atoms with E-state index in [0.29, 0.717) is 17.6 Å². The van der Waals surface area contributed by atoms with Crippen molar-refractivity contribution in [2.75, 3.05) is 5.73 Å². The van der Waals surface area contributed by atoms with E-state index in [-0.39, 0.29) is 5.75 Å². The first-order chi connectivity index (χ1) is 7.22. The van der Waals surface area contributed by atoms with E-state index in [1.807, 2.05) is 12.1 Å². The molecule has 1 aromatic heterocycles. The Hall–Kier alpha value is -2.03. The van der Waals surface area contributed by atoms with Crippen LogP contribution in [0.4, 0.5) is 5.69 Å². The second kappa shape index (κ2) is 3.61. The molecule has 2 aromatic rings. The Morgan fingerprint density at radius 3 is 3.00 bits per heavy atom. The average Bonchev–Trinajstić information content (AvgIpc) is 2.21. The molecule has 0 aliphatic rings. The fourth-order valence-electron chi connectivity index (χ4n) is 1.54. The van der Waals surface area contributed by atoms with Gasteiger partial charge in [0.15, 0.2) is 0 Å². The molecule has 0 radical (unpaired) electrons. The average molecular weight is 200 g/mol.